The number of aliphatic hydroxyl groups excluding tert-OH is 1. The van der Waals surface area contributed by atoms with Crippen molar-refractivity contribution >= 4 is 11.6 Å². The van der Waals surface area contributed by atoms with E-state index in [0.29, 0.717) is 26.2 Å². The fourth-order valence-corrected chi connectivity index (χ4v) is 2.88. The van der Waals surface area contributed by atoms with E-state index < -0.39 is 0 Å². The van der Waals surface area contributed by atoms with Crippen LogP contribution in [0.4, 0.5) is 5.69 Å². The maximum absolute atomic E-state index is 11.6. The quantitative estimate of drug-likeness (QED) is 0.795. The van der Waals surface area contributed by atoms with Crippen molar-refractivity contribution in [2.45, 2.75) is 12.5 Å². The molecule has 5 heteroatoms. The molecule has 19 heavy (non-hydrogen) atoms. The molecular weight excluding hydrogens is 244 g/mol. The topological polar surface area (TPSA) is 75.8 Å². The highest BCUT2D eigenvalue weighted by Crippen LogP contribution is 2.37. The highest BCUT2D eigenvalue weighted by molar-refractivity contribution is 5.87. The molecule has 0 radical (unpaired) electrons. The molecule has 1 fully saturated rings. The molecule has 2 aliphatic heterocycles. The van der Waals surface area contributed by atoms with Gasteiger partial charge in [0.2, 0.25) is 5.91 Å². The molecular formula is C14H18N2O3. The molecule has 0 aromatic heterocycles. The fraction of sp³-hybridized carbons (Fsp3) is 0.500. The van der Waals surface area contributed by atoms with Crippen molar-refractivity contribution in [1.82, 2.24) is 0 Å². The van der Waals surface area contributed by atoms with Gasteiger partial charge in [0.15, 0.2) is 0 Å². The second kappa shape index (κ2) is 4.51. The fourth-order valence-electron chi connectivity index (χ4n) is 2.88. The average molecular weight is 262 g/mol. The van der Waals surface area contributed by atoms with E-state index in [1.807, 2.05) is 29.2 Å². The number of anilines is 1. The first-order valence-corrected chi connectivity index (χ1v) is 6.48. The van der Waals surface area contributed by atoms with E-state index in [1.54, 1.807) is 0 Å². The Morgan fingerprint density at radius 3 is 2.79 bits per heavy atom. The molecule has 3 N–H and O–H groups in total. The summed E-state index contributed by atoms with van der Waals surface area (Å²) in [4.78, 5) is 13.7. The maximum Gasteiger partial charge on any atom is 0.240 e. The van der Waals surface area contributed by atoms with E-state index in [0.717, 1.165) is 11.3 Å². The summed E-state index contributed by atoms with van der Waals surface area (Å²) in [5.74, 6) is -0.315. The van der Waals surface area contributed by atoms with Crippen LogP contribution in [0.1, 0.15) is 5.56 Å². The molecule has 1 aromatic rings. The van der Waals surface area contributed by atoms with Crippen molar-refractivity contribution < 1.29 is 14.6 Å². The number of amides is 1. The zero-order valence-electron chi connectivity index (χ0n) is 10.7. The second-order valence-electron chi connectivity index (χ2n) is 5.53. The minimum Gasteiger partial charge on any atom is -0.396 e. The monoisotopic (exact) mass is 262 g/mol. The SMILES string of the molecule is NC(=O)[C@@H]1Cc2ccccc2N1CC1(CO)COC1. The first-order chi connectivity index (χ1) is 9.15. The number of nitrogens with two attached hydrogens (primary N) is 1. The van der Waals surface area contributed by atoms with Gasteiger partial charge >= 0.3 is 0 Å². The van der Waals surface area contributed by atoms with Crippen LogP contribution in [0.5, 0.6) is 0 Å². The van der Waals surface area contributed by atoms with Crippen LogP contribution in [-0.2, 0) is 16.0 Å². The summed E-state index contributed by atoms with van der Waals surface area (Å²) in [7, 11) is 0. The van der Waals surface area contributed by atoms with Crippen molar-refractivity contribution in [2.75, 3.05) is 31.3 Å². The van der Waals surface area contributed by atoms with Crippen LogP contribution in [0.2, 0.25) is 0 Å². The lowest BCUT2D eigenvalue weighted by molar-refractivity contribution is -0.133. The van der Waals surface area contributed by atoms with Gasteiger partial charge in [-0.3, -0.25) is 4.79 Å². The molecule has 0 saturated carbocycles. The molecule has 0 aliphatic carbocycles. The Morgan fingerprint density at radius 1 is 1.47 bits per heavy atom. The third kappa shape index (κ3) is 1.99. The van der Waals surface area contributed by atoms with Gasteiger partial charge < -0.3 is 20.5 Å². The number of para-hydroxylation sites is 1. The Bertz CT molecular complexity index is 494. The number of hydrogen-bond acceptors (Lipinski definition) is 4. The molecule has 0 bridgehead atoms. The number of ether oxygens (including phenoxy) is 1. The van der Waals surface area contributed by atoms with Crippen LogP contribution < -0.4 is 10.6 Å². The standard InChI is InChI=1S/C14H18N2O3/c15-13(18)12-5-10-3-1-2-4-11(10)16(12)6-14(7-17)8-19-9-14/h1-4,12,17H,5-9H2,(H2,15,18)/t12-/m0/s1. The number of aliphatic hydroxyl groups is 1. The number of carbonyl (C=O) groups is 1. The van der Waals surface area contributed by atoms with Crippen LogP contribution >= 0.6 is 0 Å². The van der Waals surface area contributed by atoms with Crippen molar-refractivity contribution in [1.29, 1.82) is 0 Å². The summed E-state index contributed by atoms with van der Waals surface area (Å²) < 4.78 is 5.22. The number of carbonyl (C=O) groups excluding carboxylic acids is 1. The van der Waals surface area contributed by atoms with E-state index in [1.165, 1.54) is 0 Å². The zero-order chi connectivity index (χ0) is 13.5. The summed E-state index contributed by atoms with van der Waals surface area (Å²) in [6, 6.07) is 7.63. The van der Waals surface area contributed by atoms with E-state index >= 15 is 0 Å². The number of benzene rings is 1. The van der Waals surface area contributed by atoms with Crippen molar-refractivity contribution in [3.8, 4) is 0 Å². The lowest BCUT2D eigenvalue weighted by atomic mass is 9.86. The third-order valence-corrected chi connectivity index (χ3v) is 4.08. The van der Waals surface area contributed by atoms with Crippen molar-refractivity contribution in [3.05, 3.63) is 29.8 Å². The Hall–Kier alpha value is -1.59. The summed E-state index contributed by atoms with van der Waals surface area (Å²) in [6.45, 7) is 1.74. The number of hydrogen-bond donors (Lipinski definition) is 2. The Kier molecular flexibility index (Phi) is 2.95. The van der Waals surface area contributed by atoms with Gasteiger partial charge in [0.1, 0.15) is 6.04 Å². The van der Waals surface area contributed by atoms with Gasteiger partial charge in [0.05, 0.1) is 25.2 Å². The van der Waals surface area contributed by atoms with Crippen LogP contribution in [-0.4, -0.2) is 43.4 Å². The molecule has 3 rings (SSSR count). The van der Waals surface area contributed by atoms with E-state index in [-0.39, 0.29) is 24.0 Å². The highest BCUT2D eigenvalue weighted by Gasteiger charge is 2.44. The van der Waals surface area contributed by atoms with Gasteiger partial charge in [0.25, 0.3) is 0 Å². The van der Waals surface area contributed by atoms with E-state index in [4.69, 9.17) is 10.5 Å². The zero-order valence-corrected chi connectivity index (χ0v) is 10.7. The van der Waals surface area contributed by atoms with Crippen LogP contribution in [0.3, 0.4) is 0 Å². The molecule has 2 heterocycles. The molecule has 0 unspecified atom stereocenters. The largest absolute Gasteiger partial charge is 0.396 e. The summed E-state index contributed by atoms with van der Waals surface area (Å²) >= 11 is 0. The number of fused-ring (bicyclic) bond motifs is 1. The normalized spacial score (nSPS) is 23.8. The molecule has 0 spiro atoms. The summed E-state index contributed by atoms with van der Waals surface area (Å²) in [5, 5.41) is 9.55. The van der Waals surface area contributed by atoms with E-state index in [2.05, 4.69) is 0 Å². The minimum atomic E-state index is -0.318. The predicted octanol–water partition coefficient (Wildman–Crippen LogP) is -0.0881. The highest BCUT2D eigenvalue weighted by atomic mass is 16.5. The lowest BCUT2D eigenvalue weighted by Crippen LogP contribution is -2.56. The van der Waals surface area contributed by atoms with Gasteiger partial charge in [0, 0.05) is 18.7 Å². The predicted molar refractivity (Wildman–Crippen MR) is 70.8 cm³/mol. The van der Waals surface area contributed by atoms with Crippen LogP contribution in [0.15, 0.2) is 24.3 Å². The van der Waals surface area contributed by atoms with Gasteiger partial charge in [-0.25, -0.2) is 0 Å². The van der Waals surface area contributed by atoms with E-state index in [9.17, 15) is 9.90 Å². The third-order valence-electron chi connectivity index (χ3n) is 4.08. The van der Waals surface area contributed by atoms with Crippen molar-refractivity contribution in [2.24, 2.45) is 11.1 Å². The van der Waals surface area contributed by atoms with Crippen LogP contribution in [0, 0.1) is 5.41 Å². The Labute approximate surface area is 112 Å². The molecule has 102 valence electrons. The first-order valence-electron chi connectivity index (χ1n) is 6.48. The molecule has 2 aliphatic rings. The van der Waals surface area contributed by atoms with Crippen LogP contribution in [0.25, 0.3) is 0 Å². The molecule has 1 aromatic carbocycles. The maximum atomic E-state index is 11.6. The number of rotatable bonds is 4. The number of primary amides is 1. The summed E-state index contributed by atoms with van der Waals surface area (Å²) in [6.07, 6.45) is 0.647. The summed E-state index contributed by atoms with van der Waals surface area (Å²) in [5.41, 5.74) is 7.44. The minimum absolute atomic E-state index is 0.0666. The van der Waals surface area contributed by atoms with Gasteiger partial charge in [-0.05, 0) is 11.6 Å². The molecule has 1 amide bonds. The Balaban J connectivity index is 1.89. The van der Waals surface area contributed by atoms with Gasteiger partial charge in [-0.15, -0.1) is 0 Å². The molecule has 1 saturated heterocycles. The average Bonchev–Trinajstić information content (AvgIpc) is 2.73. The smallest absolute Gasteiger partial charge is 0.240 e. The molecule has 1 atom stereocenters. The lowest BCUT2D eigenvalue weighted by Gasteiger charge is -2.44. The van der Waals surface area contributed by atoms with Crippen molar-refractivity contribution in [3.63, 3.8) is 0 Å². The first kappa shape index (κ1) is 12.4. The Morgan fingerprint density at radius 2 is 2.21 bits per heavy atom. The van der Waals surface area contributed by atoms with Gasteiger partial charge in [-0.2, -0.15) is 0 Å². The molecule has 5 nitrogen and oxygen atoms in total. The van der Waals surface area contributed by atoms with Gasteiger partial charge in [-0.1, -0.05) is 18.2 Å². The second-order valence-corrected chi connectivity index (χ2v) is 5.53. The number of nitrogens with zero attached hydrogens (tertiary/aromatic N) is 1.